The number of benzene rings is 2. The zero-order valence-electron chi connectivity index (χ0n) is 23.5. The van der Waals surface area contributed by atoms with E-state index >= 15 is 0 Å². The Morgan fingerprint density at radius 2 is 0.842 bits per heavy atom. The van der Waals surface area contributed by atoms with Crippen molar-refractivity contribution in [3.63, 3.8) is 0 Å². The molecule has 0 radical (unpaired) electrons. The van der Waals surface area contributed by atoms with Gasteiger partial charge in [0.2, 0.25) is 23.0 Å². The molecule has 2 N–H and O–H groups in total. The van der Waals surface area contributed by atoms with Gasteiger partial charge in [0.15, 0.2) is 28.8 Å². The van der Waals surface area contributed by atoms with E-state index in [2.05, 4.69) is 0 Å². The SMILES string of the molecule is COc1c(O)c(OC)c(OC)c(N(C)C)c1/C=C/C(=O)/C=C/c1c(OC)c(O)c(OC)c(OC)c1N(C)C. The van der Waals surface area contributed by atoms with Gasteiger partial charge in [0, 0.05) is 39.3 Å². The van der Waals surface area contributed by atoms with Gasteiger partial charge in [-0.1, -0.05) is 0 Å². The van der Waals surface area contributed by atoms with Gasteiger partial charge >= 0.3 is 0 Å². The number of hydrogen-bond acceptors (Lipinski definition) is 11. The Morgan fingerprint density at radius 1 is 0.553 bits per heavy atom. The van der Waals surface area contributed by atoms with Crippen LogP contribution in [0.2, 0.25) is 0 Å². The van der Waals surface area contributed by atoms with Gasteiger partial charge in [-0.05, 0) is 24.3 Å². The monoisotopic (exact) mass is 532 g/mol. The molecule has 0 unspecified atom stereocenters. The van der Waals surface area contributed by atoms with Crippen LogP contribution >= 0.6 is 0 Å². The van der Waals surface area contributed by atoms with Gasteiger partial charge in [-0.15, -0.1) is 0 Å². The van der Waals surface area contributed by atoms with Crippen LogP contribution in [0.3, 0.4) is 0 Å². The second-order valence-electron chi connectivity index (χ2n) is 8.28. The van der Waals surface area contributed by atoms with E-state index in [0.717, 1.165) is 0 Å². The topological polar surface area (TPSA) is 119 Å². The second kappa shape index (κ2) is 12.7. The van der Waals surface area contributed by atoms with Crippen LogP contribution in [0.5, 0.6) is 46.0 Å². The van der Waals surface area contributed by atoms with Crippen molar-refractivity contribution in [1.82, 2.24) is 0 Å². The maximum absolute atomic E-state index is 13.0. The summed E-state index contributed by atoms with van der Waals surface area (Å²) >= 11 is 0. The Bertz CT molecular complexity index is 1140. The average molecular weight is 533 g/mol. The zero-order valence-corrected chi connectivity index (χ0v) is 23.5. The van der Waals surface area contributed by atoms with Gasteiger partial charge in [0.05, 0.1) is 54.0 Å². The minimum absolute atomic E-state index is 0.105. The molecular formula is C27H36N2O9. The first-order valence-corrected chi connectivity index (χ1v) is 11.4. The molecule has 38 heavy (non-hydrogen) atoms. The Balaban J connectivity index is 2.67. The molecule has 0 bridgehead atoms. The van der Waals surface area contributed by atoms with Crippen molar-refractivity contribution in [2.45, 2.75) is 0 Å². The van der Waals surface area contributed by atoms with Crippen LogP contribution in [0, 0.1) is 0 Å². The summed E-state index contributed by atoms with van der Waals surface area (Å²) in [5.74, 6) is 0.0660. The van der Waals surface area contributed by atoms with Crippen LogP contribution in [0.4, 0.5) is 11.4 Å². The molecule has 0 saturated heterocycles. The summed E-state index contributed by atoms with van der Waals surface area (Å²) in [5.41, 5.74) is 1.89. The first-order chi connectivity index (χ1) is 18.0. The van der Waals surface area contributed by atoms with E-state index in [9.17, 15) is 15.0 Å². The Kier molecular flexibility index (Phi) is 9.97. The standard InChI is InChI=1S/C27H36N2O9/c1-28(2)18-16(22(33-5)20(31)26(37-9)24(18)35-7)13-11-15(30)12-14-17-19(29(3)4)25(36-8)27(38-10)21(32)23(17)34-6/h11-14,31-32H,1-10H3/b13-11+,14-12+. The summed E-state index contributed by atoms with van der Waals surface area (Å²) in [6, 6.07) is 0. The number of nitrogens with zero attached hydrogens (tertiary/aromatic N) is 2. The molecule has 2 aromatic rings. The molecule has 0 spiro atoms. The van der Waals surface area contributed by atoms with E-state index in [1.54, 1.807) is 38.0 Å². The number of allylic oxidation sites excluding steroid dienone is 2. The van der Waals surface area contributed by atoms with Crippen molar-refractivity contribution in [3.8, 4) is 46.0 Å². The molecule has 0 aliphatic carbocycles. The number of ether oxygens (including phenoxy) is 6. The van der Waals surface area contributed by atoms with E-state index in [0.29, 0.717) is 22.5 Å². The summed E-state index contributed by atoms with van der Waals surface area (Å²) in [5, 5.41) is 21.4. The third-order valence-corrected chi connectivity index (χ3v) is 5.65. The molecular weight excluding hydrogens is 496 g/mol. The van der Waals surface area contributed by atoms with Crippen LogP contribution in [0.15, 0.2) is 12.2 Å². The molecule has 2 rings (SSSR count). The molecule has 11 nitrogen and oxygen atoms in total. The van der Waals surface area contributed by atoms with Gasteiger partial charge in [0.25, 0.3) is 0 Å². The molecule has 208 valence electrons. The van der Waals surface area contributed by atoms with E-state index < -0.39 is 5.78 Å². The third kappa shape index (κ3) is 5.46. The maximum atomic E-state index is 13.0. The minimum atomic E-state index is -0.396. The van der Waals surface area contributed by atoms with Crippen LogP contribution < -0.4 is 38.2 Å². The number of phenolic OH excluding ortho intramolecular Hbond substituents is 2. The molecule has 0 saturated carbocycles. The number of rotatable bonds is 12. The number of ketones is 1. The fraction of sp³-hybridized carbons (Fsp3) is 0.370. The number of methoxy groups -OCH3 is 6. The summed E-state index contributed by atoms with van der Waals surface area (Å²) in [4.78, 5) is 16.5. The lowest BCUT2D eigenvalue weighted by atomic mass is 10.0. The lowest BCUT2D eigenvalue weighted by Gasteiger charge is -2.24. The van der Waals surface area contributed by atoms with E-state index in [1.807, 2.05) is 0 Å². The smallest absolute Gasteiger partial charge is 0.209 e. The highest BCUT2D eigenvalue weighted by molar-refractivity contribution is 6.06. The third-order valence-electron chi connectivity index (χ3n) is 5.65. The minimum Gasteiger partial charge on any atom is -0.502 e. The summed E-state index contributed by atoms with van der Waals surface area (Å²) < 4.78 is 32.5. The van der Waals surface area contributed by atoms with Gasteiger partial charge < -0.3 is 48.4 Å². The lowest BCUT2D eigenvalue weighted by Crippen LogP contribution is -2.13. The number of hydrogen-bond donors (Lipinski definition) is 2. The van der Waals surface area contributed by atoms with Gasteiger partial charge in [-0.2, -0.15) is 0 Å². The van der Waals surface area contributed by atoms with E-state index in [4.69, 9.17) is 28.4 Å². The fourth-order valence-electron chi connectivity index (χ4n) is 4.11. The van der Waals surface area contributed by atoms with Crippen LogP contribution in [0.25, 0.3) is 12.2 Å². The molecule has 0 aromatic heterocycles. The first-order valence-electron chi connectivity index (χ1n) is 11.4. The van der Waals surface area contributed by atoms with Gasteiger partial charge in [0.1, 0.15) is 0 Å². The largest absolute Gasteiger partial charge is 0.502 e. The molecule has 0 heterocycles. The van der Waals surface area contributed by atoms with E-state index in [1.165, 1.54) is 67.0 Å². The summed E-state index contributed by atoms with van der Waals surface area (Å²) in [6.07, 6.45) is 5.65. The number of carbonyl (C=O) groups is 1. The quantitative estimate of drug-likeness (QED) is 0.390. The molecule has 0 aliphatic heterocycles. The van der Waals surface area contributed by atoms with Crippen molar-refractivity contribution < 1.29 is 43.4 Å². The highest BCUT2D eigenvalue weighted by atomic mass is 16.5. The Hall–Kier alpha value is -4.41. The molecule has 0 aliphatic rings. The molecule has 11 heteroatoms. The molecule has 0 fully saturated rings. The number of carbonyl (C=O) groups excluding carboxylic acids is 1. The molecule has 0 atom stereocenters. The first kappa shape index (κ1) is 29.8. The normalized spacial score (nSPS) is 11.0. The van der Waals surface area contributed by atoms with Crippen LogP contribution in [0.1, 0.15) is 11.1 Å². The van der Waals surface area contributed by atoms with Crippen LogP contribution in [-0.2, 0) is 4.79 Å². The second-order valence-corrected chi connectivity index (χ2v) is 8.28. The predicted octanol–water partition coefficient (Wildman–Crippen LogP) is 3.58. The highest BCUT2D eigenvalue weighted by Gasteiger charge is 2.28. The highest BCUT2D eigenvalue weighted by Crippen LogP contribution is 2.54. The van der Waals surface area contributed by atoms with Crippen LogP contribution in [-0.4, -0.2) is 86.8 Å². The van der Waals surface area contributed by atoms with Gasteiger partial charge in [-0.25, -0.2) is 0 Å². The van der Waals surface area contributed by atoms with E-state index in [-0.39, 0.29) is 46.0 Å². The Labute approximate surface area is 223 Å². The zero-order chi connectivity index (χ0) is 28.7. The Morgan fingerprint density at radius 3 is 1.08 bits per heavy atom. The fourth-order valence-corrected chi connectivity index (χ4v) is 4.11. The number of aromatic hydroxyl groups is 2. The maximum Gasteiger partial charge on any atom is 0.209 e. The lowest BCUT2D eigenvalue weighted by molar-refractivity contribution is -0.110. The predicted molar refractivity (Wildman–Crippen MR) is 147 cm³/mol. The molecule has 0 amide bonds. The van der Waals surface area contributed by atoms with Crippen molar-refractivity contribution in [1.29, 1.82) is 0 Å². The number of anilines is 2. The molecule has 2 aromatic carbocycles. The van der Waals surface area contributed by atoms with Crippen molar-refractivity contribution in [3.05, 3.63) is 23.3 Å². The summed E-state index contributed by atoms with van der Waals surface area (Å²) in [7, 11) is 15.6. The van der Waals surface area contributed by atoms with Gasteiger partial charge in [-0.3, -0.25) is 4.79 Å². The average Bonchev–Trinajstić information content (AvgIpc) is 2.88. The number of phenols is 2. The van der Waals surface area contributed by atoms with Crippen molar-refractivity contribution in [2.24, 2.45) is 0 Å². The summed E-state index contributed by atoms with van der Waals surface area (Å²) in [6.45, 7) is 0. The van der Waals surface area contributed by atoms with Crippen molar-refractivity contribution in [2.75, 3.05) is 80.6 Å². The van der Waals surface area contributed by atoms with Crippen molar-refractivity contribution >= 4 is 29.3 Å².